The lowest BCUT2D eigenvalue weighted by atomic mass is 10.1. The van der Waals surface area contributed by atoms with Gasteiger partial charge in [0, 0.05) is 23.7 Å². The average molecular weight is 389 g/mol. The fourth-order valence-electron chi connectivity index (χ4n) is 3.53. The molecule has 0 aliphatic heterocycles. The van der Waals surface area contributed by atoms with Crippen molar-refractivity contribution >= 4 is 16.9 Å². The zero-order valence-corrected chi connectivity index (χ0v) is 16.2. The fourth-order valence-corrected chi connectivity index (χ4v) is 3.53. The molecule has 0 saturated carbocycles. The molecule has 0 spiro atoms. The predicted octanol–water partition coefficient (Wildman–Crippen LogP) is 5.29. The van der Waals surface area contributed by atoms with Crippen molar-refractivity contribution in [3.8, 4) is 17.0 Å². The van der Waals surface area contributed by atoms with Gasteiger partial charge in [0.2, 0.25) is 0 Å². The van der Waals surface area contributed by atoms with Crippen LogP contribution in [0.5, 0.6) is 5.75 Å². The fraction of sp³-hybridized carbons (Fsp3) is 0.125. The van der Waals surface area contributed by atoms with Crippen molar-refractivity contribution in [1.82, 2.24) is 4.57 Å². The summed E-state index contributed by atoms with van der Waals surface area (Å²) in [5.41, 5.74) is 4.13. The summed E-state index contributed by atoms with van der Waals surface area (Å²) < 4.78 is 26.5. The number of hydrogen-bond donors (Lipinski definition) is 0. The molecule has 1 aromatic heterocycles. The van der Waals surface area contributed by atoms with Crippen LogP contribution in [-0.4, -0.2) is 24.8 Å². The van der Waals surface area contributed by atoms with Gasteiger partial charge in [-0.3, -0.25) is 0 Å². The molecule has 146 valence electrons. The van der Waals surface area contributed by atoms with E-state index in [1.54, 1.807) is 18.2 Å². The van der Waals surface area contributed by atoms with Crippen molar-refractivity contribution < 1.29 is 18.7 Å². The standard InChI is InChI=1S/C24H20FNO3/c1-28-23-13-19-12-21(17-8-4-3-5-9-17)26(22(19)14-20(23)25)15-16-7-6-10-18(11-16)24(27)29-2/h3-14H,15H2,1-2H3. The summed E-state index contributed by atoms with van der Waals surface area (Å²) in [5.74, 6) is -0.590. The molecule has 4 nitrogen and oxygen atoms in total. The molecule has 0 aliphatic rings. The van der Waals surface area contributed by atoms with Crippen LogP contribution in [0.2, 0.25) is 0 Å². The lowest BCUT2D eigenvalue weighted by Crippen LogP contribution is -2.05. The first kappa shape index (κ1) is 18.7. The van der Waals surface area contributed by atoms with Gasteiger partial charge in [-0.15, -0.1) is 0 Å². The Labute approximate surface area is 168 Å². The van der Waals surface area contributed by atoms with Crippen molar-refractivity contribution in [2.24, 2.45) is 0 Å². The second-order valence-corrected chi connectivity index (χ2v) is 6.72. The molecule has 3 aromatic carbocycles. The molecule has 0 atom stereocenters. The van der Waals surface area contributed by atoms with E-state index in [0.29, 0.717) is 12.1 Å². The van der Waals surface area contributed by atoms with E-state index in [1.165, 1.54) is 20.3 Å². The molecule has 5 heteroatoms. The van der Waals surface area contributed by atoms with Gasteiger partial charge in [-0.1, -0.05) is 42.5 Å². The summed E-state index contributed by atoms with van der Waals surface area (Å²) in [7, 11) is 2.82. The van der Waals surface area contributed by atoms with Crippen LogP contribution in [0.3, 0.4) is 0 Å². The van der Waals surface area contributed by atoms with Gasteiger partial charge in [-0.05, 0) is 35.4 Å². The zero-order chi connectivity index (χ0) is 20.4. The van der Waals surface area contributed by atoms with Crippen LogP contribution < -0.4 is 4.74 Å². The van der Waals surface area contributed by atoms with E-state index in [0.717, 1.165) is 27.7 Å². The average Bonchev–Trinajstić information content (AvgIpc) is 3.10. The van der Waals surface area contributed by atoms with Crippen LogP contribution in [0.15, 0.2) is 72.8 Å². The number of fused-ring (bicyclic) bond motifs is 1. The maximum atomic E-state index is 14.5. The Morgan fingerprint density at radius 1 is 0.966 bits per heavy atom. The Morgan fingerprint density at radius 3 is 2.48 bits per heavy atom. The number of carbonyl (C=O) groups excluding carboxylic acids is 1. The van der Waals surface area contributed by atoms with Crippen molar-refractivity contribution in [1.29, 1.82) is 0 Å². The molecular weight excluding hydrogens is 369 g/mol. The Balaban J connectivity index is 1.88. The number of methoxy groups -OCH3 is 2. The van der Waals surface area contributed by atoms with E-state index in [9.17, 15) is 9.18 Å². The first-order valence-electron chi connectivity index (χ1n) is 9.20. The van der Waals surface area contributed by atoms with E-state index >= 15 is 0 Å². The van der Waals surface area contributed by atoms with Crippen molar-refractivity contribution in [2.45, 2.75) is 6.54 Å². The number of carbonyl (C=O) groups is 1. The molecule has 0 aliphatic carbocycles. The SMILES string of the molecule is COC(=O)c1cccc(Cn2c(-c3ccccc3)cc3cc(OC)c(F)cc32)c1. The number of aromatic nitrogens is 1. The maximum absolute atomic E-state index is 14.5. The van der Waals surface area contributed by atoms with Crippen LogP contribution in [0.25, 0.3) is 22.2 Å². The summed E-state index contributed by atoms with van der Waals surface area (Å²) in [5, 5.41) is 0.881. The number of rotatable bonds is 5. The number of ether oxygens (including phenoxy) is 2. The summed E-state index contributed by atoms with van der Waals surface area (Å²) in [6, 6.07) is 22.4. The lowest BCUT2D eigenvalue weighted by molar-refractivity contribution is 0.0600. The summed E-state index contributed by atoms with van der Waals surface area (Å²) in [4.78, 5) is 11.9. The van der Waals surface area contributed by atoms with E-state index in [2.05, 4.69) is 0 Å². The minimum atomic E-state index is -0.415. The van der Waals surface area contributed by atoms with Gasteiger partial charge < -0.3 is 14.0 Å². The topological polar surface area (TPSA) is 40.5 Å². The molecule has 0 radical (unpaired) electrons. The van der Waals surface area contributed by atoms with Crippen molar-refractivity contribution in [3.05, 3.63) is 89.7 Å². The van der Waals surface area contributed by atoms with Crippen LogP contribution in [-0.2, 0) is 11.3 Å². The van der Waals surface area contributed by atoms with Crippen LogP contribution >= 0.6 is 0 Å². The van der Waals surface area contributed by atoms with Gasteiger partial charge in [0.05, 0.1) is 25.3 Å². The van der Waals surface area contributed by atoms with E-state index in [4.69, 9.17) is 9.47 Å². The molecule has 0 unspecified atom stereocenters. The Bertz CT molecular complexity index is 1180. The highest BCUT2D eigenvalue weighted by atomic mass is 19.1. The molecule has 4 rings (SSSR count). The molecule has 4 aromatic rings. The van der Waals surface area contributed by atoms with Crippen molar-refractivity contribution in [2.75, 3.05) is 14.2 Å². The minimum Gasteiger partial charge on any atom is -0.494 e. The number of halogens is 1. The molecular formula is C24H20FNO3. The molecule has 0 amide bonds. The number of benzene rings is 3. The van der Waals surface area contributed by atoms with Crippen LogP contribution in [0.4, 0.5) is 4.39 Å². The first-order chi connectivity index (χ1) is 14.1. The molecule has 29 heavy (non-hydrogen) atoms. The van der Waals surface area contributed by atoms with Gasteiger partial charge in [0.15, 0.2) is 11.6 Å². The number of nitrogens with zero attached hydrogens (tertiary/aromatic N) is 1. The lowest BCUT2D eigenvalue weighted by Gasteiger charge is -2.13. The summed E-state index contributed by atoms with van der Waals surface area (Å²) in [6.07, 6.45) is 0. The quantitative estimate of drug-likeness (QED) is 0.436. The third-order valence-electron chi connectivity index (χ3n) is 4.93. The van der Waals surface area contributed by atoms with Crippen LogP contribution in [0.1, 0.15) is 15.9 Å². The van der Waals surface area contributed by atoms with E-state index in [1.807, 2.05) is 53.1 Å². The molecule has 0 bridgehead atoms. The minimum absolute atomic E-state index is 0.210. The van der Waals surface area contributed by atoms with E-state index < -0.39 is 5.82 Å². The summed E-state index contributed by atoms with van der Waals surface area (Å²) in [6.45, 7) is 0.477. The highest BCUT2D eigenvalue weighted by Gasteiger charge is 2.15. The molecule has 0 saturated heterocycles. The Kier molecular flexibility index (Phi) is 5.04. The zero-order valence-electron chi connectivity index (χ0n) is 16.2. The van der Waals surface area contributed by atoms with Crippen LogP contribution in [0, 0.1) is 5.82 Å². The van der Waals surface area contributed by atoms with Crippen molar-refractivity contribution in [3.63, 3.8) is 0 Å². The highest BCUT2D eigenvalue weighted by molar-refractivity contribution is 5.90. The third kappa shape index (κ3) is 3.59. The molecule has 0 N–H and O–H groups in total. The van der Waals surface area contributed by atoms with Gasteiger partial charge in [0.1, 0.15) is 0 Å². The van der Waals surface area contributed by atoms with Gasteiger partial charge in [-0.2, -0.15) is 0 Å². The highest BCUT2D eigenvalue weighted by Crippen LogP contribution is 2.33. The normalized spacial score (nSPS) is 10.9. The third-order valence-corrected chi connectivity index (χ3v) is 4.93. The first-order valence-corrected chi connectivity index (χ1v) is 9.20. The second-order valence-electron chi connectivity index (χ2n) is 6.72. The smallest absolute Gasteiger partial charge is 0.337 e. The summed E-state index contributed by atoms with van der Waals surface area (Å²) >= 11 is 0. The van der Waals surface area contributed by atoms with Gasteiger partial charge >= 0.3 is 5.97 Å². The predicted molar refractivity (Wildman–Crippen MR) is 111 cm³/mol. The second kappa shape index (κ2) is 7.80. The van der Waals surface area contributed by atoms with Gasteiger partial charge in [-0.25, -0.2) is 9.18 Å². The van der Waals surface area contributed by atoms with E-state index in [-0.39, 0.29) is 11.7 Å². The maximum Gasteiger partial charge on any atom is 0.337 e. The Hall–Kier alpha value is -3.60. The monoisotopic (exact) mass is 389 g/mol. The Morgan fingerprint density at radius 2 is 1.76 bits per heavy atom. The number of esters is 1. The largest absolute Gasteiger partial charge is 0.494 e. The van der Waals surface area contributed by atoms with Gasteiger partial charge in [0.25, 0.3) is 0 Å². The molecule has 1 heterocycles. The number of hydrogen-bond acceptors (Lipinski definition) is 3. The molecule has 0 fully saturated rings.